The number of halogens is 1. The predicted octanol–water partition coefficient (Wildman–Crippen LogP) is 2.86. The van der Waals surface area contributed by atoms with Crippen molar-refractivity contribution < 1.29 is 23.9 Å². The van der Waals surface area contributed by atoms with Gasteiger partial charge in [0.05, 0.1) is 24.5 Å². The number of rotatable bonds is 7. The van der Waals surface area contributed by atoms with Crippen molar-refractivity contribution in [2.45, 2.75) is 11.7 Å². The number of Topliss-reactive ketones (excluding diaryl/α,β-unsaturated/α-hetero) is 1. The third-order valence-electron chi connectivity index (χ3n) is 4.28. The van der Waals surface area contributed by atoms with E-state index in [0.29, 0.717) is 22.8 Å². The summed E-state index contributed by atoms with van der Waals surface area (Å²) in [7, 11) is 1.44. The van der Waals surface area contributed by atoms with Gasteiger partial charge in [-0.05, 0) is 30.2 Å². The molecule has 0 saturated carbocycles. The van der Waals surface area contributed by atoms with Crippen molar-refractivity contribution in [3.8, 4) is 5.75 Å². The molecule has 0 bridgehead atoms. The lowest BCUT2D eigenvalue weighted by Crippen LogP contribution is -2.29. The van der Waals surface area contributed by atoms with Gasteiger partial charge in [0, 0.05) is 10.6 Å². The fourth-order valence-electron chi connectivity index (χ4n) is 2.78. The van der Waals surface area contributed by atoms with Gasteiger partial charge in [-0.25, -0.2) is 0 Å². The monoisotopic (exact) mass is 432 g/mol. The lowest BCUT2D eigenvalue weighted by molar-refractivity contribution is -0.118. The van der Waals surface area contributed by atoms with Crippen molar-refractivity contribution in [2.75, 3.05) is 13.7 Å². The number of hydrogen-bond acceptors (Lipinski definition) is 6. The highest BCUT2D eigenvalue weighted by Gasteiger charge is 2.31. The highest BCUT2D eigenvalue weighted by atomic mass is 35.5. The van der Waals surface area contributed by atoms with Crippen LogP contribution in [0, 0.1) is 0 Å². The first-order chi connectivity index (χ1) is 13.9. The van der Waals surface area contributed by atoms with E-state index in [4.69, 9.17) is 16.3 Å². The number of thioether (sulfide) groups is 1. The summed E-state index contributed by atoms with van der Waals surface area (Å²) in [4.78, 5) is 47.6. The van der Waals surface area contributed by atoms with Crippen LogP contribution in [0.2, 0.25) is 5.02 Å². The molecule has 1 heterocycles. The molecule has 1 aliphatic rings. The third-order valence-corrected chi connectivity index (χ3v) is 5.50. The molecule has 9 heteroatoms. The Morgan fingerprint density at radius 3 is 2.52 bits per heavy atom. The van der Waals surface area contributed by atoms with Gasteiger partial charge in [-0.3, -0.25) is 24.5 Å². The second-order valence-corrected chi connectivity index (χ2v) is 7.85. The normalized spacial score (nSPS) is 15.7. The summed E-state index contributed by atoms with van der Waals surface area (Å²) in [5, 5.41) is 4.38. The zero-order valence-electron chi connectivity index (χ0n) is 15.4. The molecular formula is C20H17ClN2O5S. The van der Waals surface area contributed by atoms with Crippen LogP contribution < -0.4 is 15.4 Å². The van der Waals surface area contributed by atoms with Gasteiger partial charge in [-0.2, -0.15) is 0 Å². The highest BCUT2D eigenvalue weighted by molar-refractivity contribution is 8.15. The molecule has 3 amide bonds. The third kappa shape index (κ3) is 5.16. The van der Waals surface area contributed by atoms with Gasteiger partial charge >= 0.3 is 0 Å². The van der Waals surface area contributed by atoms with Crippen LogP contribution in [0.1, 0.15) is 26.3 Å². The maximum Gasteiger partial charge on any atom is 0.286 e. The number of imide groups is 1. The molecule has 2 N–H and O–H groups in total. The highest BCUT2D eigenvalue weighted by Crippen LogP contribution is 2.24. The lowest BCUT2D eigenvalue weighted by Gasteiger charge is -2.10. The van der Waals surface area contributed by atoms with Crippen LogP contribution >= 0.6 is 23.4 Å². The molecule has 150 valence electrons. The molecule has 2 aromatic carbocycles. The Morgan fingerprint density at radius 2 is 1.90 bits per heavy atom. The molecule has 1 fully saturated rings. The number of nitrogens with one attached hydrogen (secondary N) is 2. The standard InChI is InChI=1S/C20H17ClN2O5S/c1-28-16-7-6-13(21)9-14(16)18(25)22-10-15(24)12-4-2-11(3-5-12)8-17-19(26)23-20(27)29-17/h2-7,9,17H,8,10H2,1H3,(H,22,25)(H,23,26,27)/t17-/m1/s1. The Hall–Kier alpha value is -2.84. The Balaban J connectivity index is 1.58. The number of amides is 3. The second-order valence-electron chi connectivity index (χ2n) is 6.23. The first-order valence-electron chi connectivity index (χ1n) is 8.62. The van der Waals surface area contributed by atoms with Crippen LogP contribution in [0.3, 0.4) is 0 Å². The van der Waals surface area contributed by atoms with E-state index in [1.54, 1.807) is 36.4 Å². The van der Waals surface area contributed by atoms with E-state index in [-0.39, 0.29) is 29.0 Å². The zero-order valence-corrected chi connectivity index (χ0v) is 16.9. The Morgan fingerprint density at radius 1 is 1.17 bits per heavy atom. The molecule has 1 atom stereocenters. The second kappa shape index (κ2) is 9.11. The number of ether oxygens (including phenoxy) is 1. The van der Waals surface area contributed by atoms with Crippen molar-refractivity contribution in [3.63, 3.8) is 0 Å². The molecule has 1 saturated heterocycles. The summed E-state index contributed by atoms with van der Waals surface area (Å²) >= 11 is 6.88. The summed E-state index contributed by atoms with van der Waals surface area (Å²) < 4.78 is 5.14. The Labute approximate surface area is 176 Å². The molecule has 0 unspecified atom stereocenters. The van der Waals surface area contributed by atoms with Gasteiger partial charge in [0.2, 0.25) is 5.91 Å². The predicted molar refractivity (Wildman–Crippen MR) is 110 cm³/mol. The molecular weight excluding hydrogens is 416 g/mol. The maximum atomic E-state index is 12.4. The van der Waals surface area contributed by atoms with Gasteiger partial charge in [0.1, 0.15) is 5.75 Å². The lowest BCUT2D eigenvalue weighted by atomic mass is 10.0. The van der Waals surface area contributed by atoms with Gasteiger partial charge in [0.25, 0.3) is 11.1 Å². The van der Waals surface area contributed by atoms with Crippen LogP contribution in [-0.2, 0) is 11.2 Å². The Kier molecular flexibility index (Phi) is 6.56. The summed E-state index contributed by atoms with van der Waals surface area (Å²) in [6, 6.07) is 11.4. The summed E-state index contributed by atoms with van der Waals surface area (Å²) in [5.41, 5.74) is 1.49. The Bertz CT molecular complexity index is 977. The average molecular weight is 433 g/mol. The fraction of sp³-hybridized carbons (Fsp3) is 0.200. The smallest absolute Gasteiger partial charge is 0.286 e. The molecule has 2 aromatic rings. The molecule has 0 aromatic heterocycles. The van der Waals surface area contributed by atoms with Gasteiger partial charge < -0.3 is 10.1 Å². The largest absolute Gasteiger partial charge is 0.496 e. The van der Waals surface area contributed by atoms with Gasteiger partial charge in [-0.1, -0.05) is 47.6 Å². The summed E-state index contributed by atoms with van der Waals surface area (Å²) in [6.45, 7) is -0.191. The SMILES string of the molecule is COc1ccc(Cl)cc1C(=O)NCC(=O)c1ccc(C[C@H]2SC(=O)NC2=O)cc1. The van der Waals surface area contributed by atoms with Crippen LogP contribution in [0.5, 0.6) is 5.75 Å². The fourth-order valence-corrected chi connectivity index (χ4v) is 3.82. The molecule has 0 spiro atoms. The van der Waals surface area contributed by atoms with Crippen LogP contribution in [-0.4, -0.2) is 41.7 Å². The van der Waals surface area contributed by atoms with Crippen LogP contribution in [0.4, 0.5) is 4.79 Å². The quantitative estimate of drug-likeness (QED) is 0.652. The van der Waals surface area contributed by atoms with E-state index < -0.39 is 11.2 Å². The molecule has 3 rings (SSSR count). The van der Waals surface area contributed by atoms with Gasteiger partial charge in [-0.15, -0.1) is 0 Å². The number of carbonyl (C=O) groups excluding carboxylic acids is 4. The average Bonchev–Trinajstić information content (AvgIpc) is 3.03. The molecule has 29 heavy (non-hydrogen) atoms. The summed E-state index contributed by atoms with van der Waals surface area (Å²) in [6.07, 6.45) is 0.391. The molecule has 0 aliphatic carbocycles. The summed E-state index contributed by atoms with van der Waals surface area (Å²) in [5.74, 6) is -0.687. The minimum absolute atomic E-state index is 0.191. The van der Waals surface area contributed by atoms with Crippen molar-refractivity contribution in [2.24, 2.45) is 0 Å². The van der Waals surface area contributed by atoms with E-state index in [1.807, 2.05) is 0 Å². The number of benzene rings is 2. The van der Waals surface area contributed by atoms with Crippen molar-refractivity contribution in [1.29, 1.82) is 0 Å². The zero-order chi connectivity index (χ0) is 21.0. The van der Waals surface area contributed by atoms with Crippen LogP contribution in [0.15, 0.2) is 42.5 Å². The maximum absolute atomic E-state index is 12.4. The van der Waals surface area contributed by atoms with Crippen molar-refractivity contribution in [1.82, 2.24) is 10.6 Å². The van der Waals surface area contributed by atoms with E-state index in [1.165, 1.54) is 13.2 Å². The number of carbonyl (C=O) groups is 4. The number of ketones is 1. The molecule has 0 radical (unpaired) electrons. The number of hydrogen-bond donors (Lipinski definition) is 2. The van der Waals surface area contributed by atoms with E-state index in [2.05, 4.69) is 10.6 Å². The topological polar surface area (TPSA) is 102 Å². The van der Waals surface area contributed by atoms with E-state index >= 15 is 0 Å². The van der Waals surface area contributed by atoms with Crippen molar-refractivity contribution >= 4 is 46.2 Å². The first kappa shape index (κ1) is 20.9. The van der Waals surface area contributed by atoms with Crippen molar-refractivity contribution in [3.05, 3.63) is 64.2 Å². The van der Waals surface area contributed by atoms with Crippen LogP contribution in [0.25, 0.3) is 0 Å². The molecule has 1 aliphatic heterocycles. The minimum Gasteiger partial charge on any atom is -0.496 e. The van der Waals surface area contributed by atoms with E-state index in [0.717, 1.165) is 17.3 Å². The molecule has 7 nitrogen and oxygen atoms in total. The van der Waals surface area contributed by atoms with Gasteiger partial charge in [0.15, 0.2) is 5.78 Å². The first-order valence-corrected chi connectivity index (χ1v) is 9.88. The van der Waals surface area contributed by atoms with E-state index in [9.17, 15) is 19.2 Å². The minimum atomic E-state index is -0.469. The number of methoxy groups -OCH3 is 1.